The lowest BCUT2D eigenvalue weighted by molar-refractivity contribution is 0.0697. The summed E-state index contributed by atoms with van der Waals surface area (Å²) in [6, 6.07) is 8.50. The summed E-state index contributed by atoms with van der Waals surface area (Å²) in [6.07, 6.45) is 3.34. The van der Waals surface area contributed by atoms with Crippen molar-refractivity contribution in [2.24, 2.45) is 0 Å². The average molecular weight is 393 g/mol. The zero-order chi connectivity index (χ0) is 19.6. The van der Waals surface area contributed by atoms with Gasteiger partial charge in [0.05, 0.1) is 18.6 Å². The minimum atomic E-state index is -3.76. The molecule has 27 heavy (non-hydrogen) atoms. The van der Waals surface area contributed by atoms with E-state index in [9.17, 15) is 13.2 Å². The number of carbonyl (C=O) groups excluding carboxylic acids is 1. The highest BCUT2D eigenvalue weighted by atomic mass is 32.2. The Morgan fingerprint density at radius 3 is 2.56 bits per heavy atom. The molecule has 1 amide bonds. The van der Waals surface area contributed by atoms with Gasteiger partial charge < -0.3 is 18.2 Å². The van der Waals surface area contributed by atoms with Crippen LogP contribution in [-0.4, -0.2) is 37.6 Å². The molecule has 1 aromatic heterocycles. The molecular formula is C19H23NO6S. The van der Waals surface area contributed by atoms with Crippen molar-refractivity contribution in [3.8, 4) is 11.5 Å². The zero-order valence-corrected chi connectivity index (χ0v) is 16.4. The Kier molecular flexibility index (Phi) is 5.46. The summed E-state index contributed by atoms with van der Waals surface area (Å²) < 4.78 is 39.9. The van der Waals surface area contributed by atoms with E-state index in [1.165, 1.54) is 13.4 Å². The van der Waals surface area contributed by atoms with Gasteiger partial charge >= 0.3 is 10.1 Å². The third-order valence-corrected chi connectivity index (χ3v) is 5.91. The van der Waals surface area contributed by atoms with Crippen LogP contribution >= 0.6 is 0 Å². The number of amides is 1. The van der Waals surface area contributed by atoms with Crippen LogP contribution in [-0.2, 0) is 16.7 Å². The van der Waals surface area contributed by atoms with E-state index in [2.05, 4.69) is 0 Å². The van der Waals surface area contributed by atoms with Crippen LogP contribution < -0.4 is 8.92 Å². The molecule has 1 aromatic carbocycles. The number of carbonyl (C=O) groups is 1. The number of nitrogens with zero attached hydrogens (tertiary/aromatic N) is 1. The van der Waals surface area contributed by atoms with Gasteiger partial charge in [-0.3, -0.25) is 4.79 Å². The third kappa shape index (κ3) is 4.44. The fourth-order valence-electron chi connectivity index (χ4n) is 2.60. The molecule has 1 aliphatic rings. The van der Waals surface area contributed by atoms with E-state index in [4.69, 9.17) is 13.3 Å². The first kappa shape index (κ1) is 19.3. The van der Waals surface area contributed by atoms with Gasteiger partial charge in [0.1, 0.15) is 0 Å². The first-order valence-corrected chi connectivity index (χ1v) is 10.2. The highest BCUT2D eigenvalue weighted by molar-refractivity contribution is 7.87. The minimum Gasteiger partial charge on any atom is -0.493 e. The Labute approximate surface area is 159 Å². The zero-order valence-electron chi connectivity index (χ0n) is 15.5. The molecule has 0 spiro atoms. The largest absolute Gasteiger partial charge is 0.493 e. The topological polar surface area (TPSA) is 86.0 Å². The van der Waals surface area contributed by atoms with Crippen molar-refractivity contribution in [3.63, 3.8) is 0 Å². The van der Waals surface area contributed by atoms with E-state index in [0.29, 0.717) is 12.3 Å². The van der Waals surface area contributed by atoms with Gasteiger partial charge in [-0.05, 0) is 56.5 Å². The molecule has 3 rings (SSSR count). The minimum absolute atomic E-state index is 0.116. The third-order valence-electron chi connectivity index (χ3n) is 4.34. The highest BCUT2D eigenvalue weighted by Crippen LogP contribution is 2.33. The molecule has 1 saturated carbocycles. The van der Waals surface area contributed by atoms with Gasteiger partial charge in [-0.1, -0.05) is 6.07 Å². The summed E-state index contributed by atoms with van der Waals surface area (Å²) in [5, 5.41) is -0.686. The fourth-order valence-corrected chi connectivity index (χ4v) is 3.17. The van der Waals surface area contributed by atoms with E-state index in [1.54, 1.807) is 49.1 Å². The normalized spacial score (nSPS) is 14.2. The number of furan rings is 1. The van der Waals surface area contributed by atoms with Crippen LogP contribution in [0.1, 0.15) is 42.8 Å². The summed E-state index contributed by atoms with van der Waals surface area (Å²) in [4.78, 5) is 14.4. The number of hydrogen-bond donors (Lipinski definition) is 0. The second-order valence-corrected chi connectivity index (χ2v) is 8.85. The van der Waals surface area contributed by atoms with E-state index >= 15 is 0 Å². The van der Waals surface area contributed by atoms with Crippen molar-refractivity contribution in [1.29, 1.82) is 0 Å². The molecule has 0 unspecified atom stereocenters. The van der Waals surface area contributed by atoms with Gasteiger partial charge in [-0.15, -0.1) is 0 Å². The van der Waals surface area contributed by atoms with Gasteiger partial charge in [0.25, 0.3) is 5.91 Å². The quantitative estimate of drug-likeness (QED) is 0.640. The monoisotopic (exact) mass is 393 g/mol. The lowest BCUT2D eigenvalue weighted by atomic mass is 10.1. The van der Waals surface area contributed by atoms with E-state index in [1.807, 2.05) is 0 Å². The molecule has 1 aliphatic carbocycles. The SMILES string of the molecule is COc1ccc(CN(C(=O)c2ccco2)C2CC2)cc1OS(=O)(=O)C(C)C. The smallest absolute Gasteiger partial charge is 0.311 e. The number of rotatable bonds is 8. The second-order valence-electron chi connectivity index (χ2n) is 6.75. The number of methoxy groups -OCH3 is 1. The Morgan fingerprint density at radius 2 is 2.00 bits per heavy atom. The van der Waals surface area contributed by atoms with Crippen LogP contribution in [0.25, 0.3) is 0 Å². The Morgan fingerprint density at radius 1 is 1.26 bits per heavy atom. The molecule has 1 heterocycles. The molecule has 146 valence electrons. The molecular weight excluding hydrogens is 370 g/mol. The Hall–Kier alpha value is -2.48. The standard InChI is InChI=1S/C19H23NO6S/c1-13(2)27(22,23)26-18-11-14(6-9-16(18)24-3)12-20(15-7-8-15)19(21)17-5-4-10-25-17/h4-6,9-11,13,15H,7-8,12H2,1-3H3. The predicted octanol–water partition coefficient (Wildman–Crippen LogP) is 3.21. The van der Waals surface area contributed by atoms with Crippen LogP contribution in [0.5, 0.6) is 11.5 Å². The van der Waals surface area contributed by atoms with Crippen LogP contribution in [0.3, 0.4) is 0 Å². The predicted molar refractivity (Wildman–Crippen MR) is 99.3 cm³/mol. The molecule has 0 bridgehead atoms. The van der Waals surface area contributed by atoms with Crippen molar-refractivity contribution in [3.05, 3.63) is 47.9 Å². The lowest BCUT2D eigenvalue weighted by Gasteiger charge is -2.22. The van der Waals surface area contributed by atoms with Crippen molar-refractivity contribution in [2.45, 2.75) is 44.5 Å². The molecule has 0 N–H and O–H groups in total. The molecule has 8 heteroatoms. The molecule has 2 aromatic rings. The maximum Gasteiger partial charge on any atom is 0.311 e. The average Bonchev–Trinajstić information content (AvgIpc) is 3.31. The molecule has 0 aliphatic heterocycles. The lowest BCUT2D eigenvalue weighted by Crippen LogP contribution is -2.32. The van der Waals surface area contributed by atoms with Gasteiger partial charge in [-0.25, -0.2) is 0 Å². The summed E-state index contributed by atoms with van der Waals surface area (Å²) in [5.74, 6) is 0.535. The Bertz CT molecular complexity index is 900. The molecule has 0 atom stereocenters. The number of hydrogen-bond acceptors (Lipinski definition) is 6. The van der Waals surface area contributed by atoms with Gasteiger partial charge in [0.2, 0.25) is 0 Å². The van der Waals surface area contributed by atoms with Crippen molar-refractivity contribution in [1.82, 2.24) is 4.90 Å². The summed E-state index contributed by atoms with van der Waals surface area (Å²) in [7, 11) is -2.32. The van der Waals surface area contributed by atoms with Gasteiger partial charge in [-0.2, -0.15) is 8.42 Å². The number of ether oxygens (including phenoxy) is 1. The van der Waals surface area contributed by atoms with Crippen LogP contribution in [0.4, 0.5) is 0 Å². The van der Waals surface area contributed by atoms with Crippen molar-refractivity contribution in [2.75, 3.05) is 7.11 Å². The first-order chi connectivity index (χ1) is 12.8. The van der Waals surface area contributed by atoms with Crippen molar-refractivity contribution < 1.29 is 26.5 Å². The molecule has 7 nitrogen and oxygen atoms in total. The second kappa shape index (κ2) is 7.64. The van der Waals surface area contributed by atoms with E-state index in [-0.39, 0.29) is 23.5 Å². The van der Waals surface area contributed by atoms with Crippen molar-refractivity contribution >= 4 is 16.0 Å². The van der Waals surface area contributed by atoms with E-state index < -0.39 is 15.4 Å². The van der Waals surface area contributed by atoms with Crippen LogP contribution in [0.15, 0.2) is 41.0 Å². The summed E-state index contributed by atoms with van der Waals surface area (Å²) >= 11 is 0. The summed E-state index contributed by atoms with van der Waals surface area (Å²) in [6.45, 7) is 3.41. The van der Waals surface area contributed by atoms with Crippen LogP contribution in [0, 0.1) is 0 Å². The molecule has 0 saturated heterocycles. The first-order valence-electron chi connectivity index (χ1n) is 8.76. The maximum atomic E-state index is 12.7. The van der Waals surface area contributed by atoms with Gasteiger partial charge in [0.15, 0.2) is 17.3 Å². The van der Waals surface area contributed by atoms with E-state index in [0.717, 1.165) is 18.4 Å². The Balaban J connectivity index is 1.85. The molecule has 1 fully saturated rings. The fraction of sp³-hybridized carbons (Fsp3) is 0.421. The summed E-state index contributed by atoms with van der Waals surface area (Å²) in [5.41, 5.74) is 0.747. The number of benzene rings is 1. The van der Waals surface area contributed by atoms with Gasteiger partial charge in [0, 0.05) is 12.6 Å². The highest BCUT2D eigenvalue weighted by Gasteiger charge is 2.34. The maximum absolute atomic E-state index is 12.7. The van der Waals surface area contributed by atoms with Crippen LogP contribution in [0.2, 0.25) is 0 Å². The molecule has 0 radical (unpaired) electrons.